The Morgan fingerprint density at radius 3 is 2.96 bits per heavy atom. The number of ether oxygens (including phenoxy) is 1. The highest BCUT2D eigenvalue weighted by Crippen LogP contribution is 2.19. The standard InChI is InChI=1S/C18H19N5O2/c24-18(9-13-11-19-15-4-2-1-3-14(13)15)22-16-10-17(21-12-20-16)23-5-7-25-8-6-23/h1-4,10-12,19H,5-9H2,(H,20,21,22,24). The van der Waals surface area contributed by atoms with Gasteiger partial charge < -0.3 is 19.9 Å². The number of hydrogen-bond acceptors (Lipinski definition) is 5. The summed E-state index contributed by atoms with van der Waals surface area (Å²) in [5.74, 6) is 1.22. The quantitative estimate of drug-likeness (QED) is 0.760. The normalized spacial score (nSPS) is 14.6. The number of anilines is 2. The van der Waals surface area contributed by atoms with E-state index in [0.717, 1.165) is 35.4 Å². The van der Waals surface area contributed by atoms with Gasteiger partial charge in [-0.3, -0.25) is 4.79 Å². The molecule has 3 heterocycles. The van der Waals surface area contributed by atoms with Gasteiger partial charge in [-0.05, 0) is 11.6 Å². The second kappa shape index (κ2) is 6.90. The zero-order valence-corrected chi connectivity index (χ0v) is 13.7. The molecule has 1 amide bonds. The Labute approximate surface area is 145 Å². The Bertz CT molecular complexity index is 886. The molecule has 0 aliphatic carbocycles. The largest absolute Gasteiger partial charge is 0.378 e. The minimum absolute atomic E-state index is 0.101. The van der Waals surface area contributed by atoms with E-state index in [4.69, 9.17) is 4.74 Å². The van der Waals surface area contributed by atoms with E-state index < -0.39 is 0 Å². The highest BCUT2D eigenvalue weighted by atomic mass is 16.5. The summed E-state index contributed by atoms with van der Waals surface area (Å²) in [6.45, 7) is 2.96. The Morgan fingerprint density at radius 1 is 1.24 bits per heavy atom. The number of fused-ring (bicyclic) bond motifs is 1. The second-order valence-corrected chi connectivity index (χ2v) is 5.95. The first kappa shape index (κ1) is 15.6. The molecule has 1 aliphatic heterocycles. The smallest absolute Gasteiger partial charge is 0.230 e. The highest BCUT2D eigenvalue weighted by molar-refractivity contribution is 5.95. The molecule has 0 saturated carbocycles. The Morgan fingerprint density at radius 2 is 2.08 bits per heavy atom. The Hall–Kier alpha value is -2.93. The third-order valence-electron chi connectivity index (χ3n) is 4.28. The summed E-state index contributed by atoms with van der Waals surface area (Å²) >= 11 is 0. The van der Waals surface area contributed by atoms with Crippen molar-refractivity contribution in [3.8, 4) is 0 Å². The first-order chi connectivity index (χ1) is 12.3. The molecule has 25 heavy (non-hydrogen) atoms. The summed E-state index contributed by atoms with van der Waals surface area (Å²) in [6.07, 6.45) is 3.65. The Kier molecular flexibility index (Phi) is 4.30. The lowest BCUT2D eigenvalue weighted by atomic mass is 10.1. The van der Waals surface area contributed by atoms with Crippen molar-refractivity contribution < 1.29 is 9.53 Å². The van der Waals surface area contributed by atoms with Crippen molar-refractivity contribution in [2.24, 2.45) is 0 Å². The zero-order valence-electron chi connectivity index (χ0n) is 13.7. The third-order valence-corrected chi connectivity index (χ3v) is 4.28. The number of carbonyl (C=O) groups excluding carboxylic acids is 1. The molecule has 3 aromatic rings. The lowest BCUT2D eigenvalue weighted by Crippen LogP contribution is -2.36. The fourth-order valence-corrected chi connectivity index (χ4v) is 3.02. The summed E-state index contributed by atoms with van der Waals surface area (Å²) in [5, 5.41) is 3.93. The lowest BCUT2D eigenvalue weighted by Gasteiger charge is -2.27. The number of benzene rings is 1. The maximum Gasteiger partial charge on any atom is 0.230 e. The average molecular weight is 337 g/mol. The molecule has 0 spiro atoms. The van der Waals surface area contributed by atoms with E-state index in [9.17, 15) is 4.79 Å². The van der Waals surface area contributed by atoms with Gasteiger partial charge in [-0.1, -0.05) is 18.2 Å². The van der Waals surface area contributed by atoms with Crippen LogP contribution >= 0.6 is 0 Å². The van der Waals surface area contributed by atoms with Crippen LogP contribution in [0.25, 0.3) is 10.9 Å². The van der Waals surface area contributed by atoms with Crippen LogP contribution in [0.3, 0.4) is 0 Å². The average Bonchev–Trinajstić information content (AvgIpc) is 3.06. The molecule has 1 aromatic carbocycles. The van der Waals surface area contributed by atoms with E-state index in [0.29, 0.717) is 25.5 Å². The number of aromatic amines is 1. The van der Waals surface area contributed by atoms with Crippen molar-refractivity contribution in [3.63, 3.8) is 0 Å². The number of carbonyl (C=O) groups is 1. The molecule has 4 rings (SSSR count). The first-order valence-electron chi connectivity index (χ1n) is 8.29. The highest BCUT2D eigenvalue weighted by Gasteiger charge is 2.14. The minimum Gasteiger partial charge on any atom is -0.378 e. The van der Waals surface area contributed by atoms with E-state index in [-0.39, 0.29) is 5.91 Å². The molecular formula is C18H19N5O2. The van der Waals surface area contributed by atoms with Crippen LogP contribution in [-0.4, -0.2) is 47.2 Å². The van der Waals surface area contributed by atoms with Gasteiger partial charge in [0.2, 0.25) is 5.91 Å². The van der Waals surface area contributed by atoms with Crippen molar-refractivity contribution in [3.05, 3.63) is 48.4 Å². The number of hydrogen-bond donors (Lipinski definition) is 2. The number of rotatable bonds is 4. The number of H-pyrrole nitrogens is 1. The molecule has 0 unspecified atom stereocenters. The van der Waals surface area contributed by atoms with Crippen LogP contribution in [0, 0.1) is 0 Å². The molecule has 1 aliphatic rings. The topological polar surface area (TPSA) is 83.1 Å². The maximum atomic E-state index is 12.4. The molecule has 0 radical (unpaired) electrons. The van der Waals surface area contributed by atoms with Gasteiger partial charge in [0.1, 0.15) is 18.0 Å². The van der Waals surface area contributed by atoms with Gasteiger partial charge in [-0.25, -0.2) is 9.97 Å². The fourth-order valence-electron chi connectivity index (χ4n) is 3.02. The van der Waals surface area contributed by atoms with Crippen LogP contribution in [0.4, 0.5) is 11.6 Å². The van der Waals surface area contributed by atoms with Gasteiger partial charge >= 0.3 is 0 Å². The number of morpholine rings is 1. The molecule has 0 bridgehead atoms. The summed E-state index contributed by atoms with van der Waals surface area (Å²) in [7, 11) is 0. The van der Waals surface area contributed by atoms with Gasteiger partial charge in [-0.15, -0.1) is 0 Å². The molecule has 128 valence electrons. The van der Waals surface area contributed by atoms with Crippen molar-refractivity contribution in [1.82, 2.24) is 15.0 Å². The van der Waals surface area contributed by atoms with Crippen molar-refractivity contribution >= 4 is 28.4 Å². The number of nitrogens with one attached hydrogen (secondary N) is 2. The van der Waals surface area contributed by atoms with E-state index in [1.165, 1.54) is 6.33 Å². The monoisotopic (exact) mass is 337 g/mol. The third kappa shape index (κ3) is 3.46. The van der Waals surface area contributed by atoms with E-state index >= 15 is 0 Å². The molecule has 7 nitrogen and oxygen atoms in total. The molecule has 7 heteroatoms. The van der Waals surface area contributed by atoms with E-state index in [1.54, 1.807) is 6.07 Å². The molecule has 1 fully saturated rings. The molecule has 1 saturated heterocycles. The summed E-state index contributed by atoms with van der Waals surface area (Å²) in [6, 6.07) is 9.75. The van der Waals surface area contributed by atoms with Gasteiger partial charge in [0, 0.05) is 36.3 Å². The van der Waals surface area contributed by atoms with Gasteiger partial charge in [0.25, 0.3) is 0 Å². The number of amides is 1. The number of para-hydroxylation sites is 1. The molecule has 2 aromatic heterocycles. The zero-order chi connectivity index (χ0) is 17.1. The van der Waals surface area contributed by atoms with Crippen LogP contribution in [0.2, 0.25) is 0 Å². The van der Waals surface area contributed by atoms with Gasteiger partial charge in [0.15, 0.2) is 0 Å². The summed E-state index contributed by atoms with van der Waals surface area (Å²) in [5.41, 5.74) is 2.00. The van der Waals surface area contributed by atoms with Gasteiger partial charge in [0.05, 0.1) is 19.6 Å². The van der Waals surface area contributed by atoms with E-state index in [1.807, 2.05) is 30.5 Å². The Balaban J connectivity index is 1.45. The number of aromatic nitrogens is 3. The fraction of sp³-hybridized carbons (Fsp3) is 0.278. The predicted molar refractivity (Wildman–Crippen MR) is 95.7 cm³/mol. The molecule has 0 atom stereocenters. The predicted octanol–water partition coefficient (Wildman–Crippen LogP) is 1.98. The lowest BCUT2D eigenvalue weighted by molar-refractivity contribution is -0.115. The van der Waals surface area contributed by atoms with Crippen molar-refractivity contribution in [2.75, 3.05) is 36.5 Å². The van der Waals surface area contributed by atoms with Gasteiger partial charge in [-0.2, -0.15) is 0 Å². The van der Waals surface area contributed by atoms with Crippen LogP contribution in [0.5, 0.6) is 0 Å². The van der Waals surface area contributed by atoms with Crippen molar-refractivity contribution in [1.29, 1.82) is 0 Å². The SMILES string of the molecule is O=C(Cc1c[nH]c2ccccc12)Nc1cc(N2CCOCC2)ncn1. The minimum atomic E-state index is -0.101. The second-order valence-electron chi connectivity index (χ2n) is 5.95. The number of nitrogens with zero attached hydrogens (tertiary/aromatic N) is 3. The van der Waals surface area contributed by atoms with Crippen LogP contribution < -0.4 is 10.2 Å². The molecular weight excluding hydrogens is 318 g/mol. The molecule has 2 N–H and O–H groups in total. The summed E-state index contributed by atoms with van der Waals surface area (Å²) in [4.78, 5) is 26.1. The van der Waals surface area contributed by atoms with Crippen molar-refractivity contribution in [2.45, 2.75) is 6.42 Å². The summed E-state index contributed by atoms with van der Waals surface area (Å²) < 4.78 is 5.35. The first-order valence-corrected chi connectivity index (χ1v) is 8.29. The van der Waals surface area contributed by atoms with Crippen LogP contribution in [0.1, 0.15) is 5.56 Å². The maximum absolute atomic E-state index is 12.4. The van der Waals surface area contributed by atoms with Crippen LogP contribution in [-0.2, 0) is 16.0 Å². The van der Waals surface area contributed by atoms with E-state index in [2.05, 4.69) is 25.2 Å². The van der Waals surface area contributed by atoms with Crippen LogP contribution in [0.15, 0.2) is 42.9 Å².